The van der Waals surface area contributed by atoms with Crippen molar-refractivity contribution in [2.24, 2.45) is 4.99 Å². The van der Waals surface area contributed by atoms with E-state index >= 15 is 0 Å². The summed E-state index contributed by atoms with van der Waals surface area (Å²) in [6.45, 7) is 0.652. The van der Waals surface area contributed by atoms with Gasteiger partial charge in [0.15, 0.2) is 0 Å². The van der Waals surface area contributed by atoms with Crippen LogP contribution in [0.15, 0.2) is 17.1 Å². The molecule has 0 radical (unpaired) electrons. The Morgan fingerprint density at radius 3 is 2.94 bits per heavy atom. The molecule has 0 amide bonds. The van der Waals surface area contributed by atoms with Crippen LogP contribution in [-0.4, -0.2) is 26.0 Å². The van der Waals surface area contributed by atoms with Gasteiger partial charge < -0.3 is 9.64 Å². The number of fused-ring (bicyclic) bond motifs is 1. The second kappa shape index (κ2) is 3.47. The summed E-state index contributed by atoms with van der Waals surface area (Å²) in [5, 5.41) is 0. The number of halogens is 1. The molecular weight excluding hydrogens is 207 g/mol. The molecule has 1 saturated carbocycles. The van der Waals surface area contributed by atoms with Crippen LogP contribution in [0.2, 0.25) is 0 Å². The van der Waals surface area contributed by atoms with Crippen molar-refractivity contribution in [3.63, 3.8) is 0 Å². The zero-order valence-corrected chi connectivity index (χ0v) is 9.11. The third-order valence-corrected chi connectivity index (χ3v) is 3.03. The Kier molecular flexibility index (Phi) is 2.09. The highest BCUT2D eigenvalue weighted by atomic mass is 19.1. The first-order valence-electron chi connectivity index (χ1n) is 5.43. The fraction of sp³-hybridized carbons (Fsp3) is 0.417. The minimum Gasteiger partial charge on any atom is -0.494 e. The Morgan fingerprint density at radius 1 is 1.44 bits per heavy atom. The lowest BCUT2D eigenvalue weighted by Gasteiger charge is -2.29. The van der Waals surface area contributed by atoms with Gasteiger partial charge in [0.1, 0.15) is 18.2 Å². The summed E-state index contributed by atoms with van der Waals surface area (Å²) in [6, 6.07) is 3.50. The number of methoxy groups -OCH3 is 1. The summed E-state index contributed by atoms with van der Waals surface area (Å²) in [7, 11) is 1.58. The molecule has 84 valence electrons. The van der Waals surface area contributed by atoms with E-state index < -0.39 is 0 Å². The Morgan fingerprint density at radius 2 is 2.25 bits per heavy atom. The average molecular weight is 220 g/mol. The Hall–Kier alpha value is -1.58. The monoisotopic (exact) mass is 220 g/mol. The van der Waals surface area contributed by atoms with Gasteiger partial charge in [0.25, 0.3) is 0 Å². The number of benzene rings is 1. The Balaban J connectivity index is 2.13. The molecule has 4 heteroatoms. The van der Waals surface area contributed by atoms with Gasteiger partial charge in [0.05, 0.1) is 12.8 Å². The third-order valence-electron chi connectivity index (χ3n) is 3.03. The number of aliphatic imine (C=N–C) groups is 1. The van der Waals surface area contributed by atoms with Gasteiger partial charge in [-0.05, 0) is 18.9 Å². The quantitative estimate of drug-likeness (QED) is 0.763. The van der Waals surface area contributed by atoms with Crippen LogP contribution < -0.4 is 9.64 Å². The van der Waals surface area contributed by atoms with Gasteiger partial charge in [0.2, 0.25) is 0 Å². The largest absolute Gasteiger partial charge is 0.494 e. The summed E-state index contributed by atoms with van der Waals surface area (Å²) in [6.07, 6.45) is 4.10. The second-order valence-electron chi connectivity index (χ2n) is 4.20. The molecule has 0 N–H and O–H groups in total. The van der Waals surface area contributed by atoms with Crippen molar-refractivity contribution in [2.45, 2.75) is 18.9 Å². The van der Waals surface area contributed by atoms with Gasteiger partial charge in [-0.15, -0.1) is 0 Å². The second-order valence-corrected chi connectivity index (χ2v) is 4.20. The molecule has 1 aromatic carbocycles. The molecule has 1 aromatic rings. The van der Waals surface area contributed by atoms with Crippen molar-refractivity contribution in [2.75, 3.05) is 18.7 Å². The van der Waals surface area contributed by atoms with Crippen LogP contribution in [0.3, 0.4) is 0 Å². The average Bonchev–Trinajstić information content (AvgIpc) is 3.10. The van der Waals surface area contributed by atoms with Gasteiger partial charge in [-0.1, -0.05) is 0 Å². The molecule has 0 atom stereocenters. The van der Waals surface area contributed by atoms with Gasteiger partial charge in [0, 0.05) is 23.9 Å². The number of hydrogen-bond donors (Lipinski definition) is 0. The molecule has 3 rings (SSSR count). The molecular formula is C12H13FN2O. The molecule has 16 heavy (non-hydrogen) atoms. The molecule has 1 heterocycles. The lowest BCUT2D eigenvalue weighted by atomic mass is 10.1. The summed E-state index contributed by atoms with van der Waals surface area (Å²) in [4.78, 5) is 6.46. The van der Waals surface area contributed by atoms with E-state index in [1.54, 1.807) is 13.3 Å². The van der Waals surface area contributed by atoms with Crippen LogP contribution in [0.1, 0.15) is 18.4 Å². The zero-order valence-electron chi connectivity index (χ0n) is 9.11. The van der Waals surface area contributed by atoms with Crippen molar-refractivity contribution < 1.29 is 9.13 Å². The number of ether oxygens (including phenoxy) is 1. The van der Waals surface area contributed by atoms with E-state index in [0.29, 0.717) is 18.5 Å². The molecule has 0 bridgehead atoms. The number of nitrogens with zero attached hydrogens (tertiary/aromatic N) is 2. The molecule has 3 nitrogen and oxygen atoms in total. The first-order valence-corrected chi connectivity index (χ1v) is 5.43. The maximum Gasteiger partial charge on any atom is 0.145 e. The van der Waals surface area contributed by atoms with Crippen LogP contribution in [0, 0.1) is 5.82 Å². The highest BCUT2D eigenvalue weighted by molar-refractivity contribution is 5.92. The summed E-state index contributed by atoms with van der Waals surface area (Å²) in [5.41, 5.74) is 1.80. The number of hydrogen-bond acceptors (Lipinski definition) is 3. The van der Waals surface area contributed by atoms with Crippen LogP contribution >= 0.6 is 0 Å². The van der Waals surface area contributed by atoms with E-state index in [4.69, 9.17) is 4.74 Å². The first-order chi connectivity index (χ1) is 7.79. The van der Waals surface area contributed by atoms with Crippen molar-refractivity contribution in [3.05, 3.63) is 23.5 Å². The predicted molar refractivity (Wildman–Crippen MR) is 60.9 cm³/mol. The molecule has 0 spiro atoms. The van der Waals surface area contributed by atoms with E-state index in [2.05, 4.69) is 9.89 Å². The molecule has 1 aliphatic heterocycles. The van der Waals surface area contributed by atoms with Crippen molar-refractivity contribution in [3.8, 4) is 5.75 Å². The van der Waals surface area contributed by atoms with E-state index in [1.807, 2.05) is 0 Å². The lowest BCUT2D eigenvalue weighted by molar-refractivity contribution is 0.410. The molecule has 0 saturated heterocycles. The lowest BCUT2D eigenvalue weighted by Crippen LogP contribution is -2.29. The molecule has 1 fully saturated rings. The summed E-state index contributed by atoms with van der Waals surface area (Å²) in [5.74, 6) is 0.327. The zero-order chi connectivity index (χ0) is 11.1. The third kappa shape index (κ3) is 1.45. The fourth-order valence-corrected chi connectivity index (χ4v) is 2.14. The van der Waals surface area contributed by atoms with Crippen molar-refractivity contribution in [1.29, 1.82) is 0 Å². The number of anilines is 1. The van der Waals surface area contributed by atoms with Gasteiger partial charge in [-0.3, -0.25) is 4.99 Å². The number of rotatable bonds is 2. The van der Waals surface area contributed by atoms with Crippen LogP contribution in [0.25, 0.3) is 0 Å². The van der Waals surface area contributed by atoms with Crippen molar-refractivity contribution >= 4 is 11.9 Å². The summed E-state index contributed by atoms with van der Waals surface area (Å²) >= 11 is 0. The topological polar surface area (TPSA) is 24.8 Å². The maximum absolute atomic E-state index is 13.3. The van der Waals surface area contributed by atoms with Crippen LogP contribution in [0.5, 0.6) is 5.75 Å². The highest BCUT2D eigenvalue weighted by Gasteiger charge is 2.33. The molecule has 0 unspecified atom stereocenters. The molecule has 2 aliphatic rings. The normalized spacial score (nSPS) is 18.5. The van der Waals surface area contributed by atoms with E-state index in [-0.39, 0.29) is 5.82 Å². The fourth-order valence-electron chi connectivity index (χ4n) is 2.14. The van der Waals surface area contributed by atoms with E-state index in [1.165, 1.54) is 25.0 Å². The predicted octanol–water partition coefficient (Wildman–Crippen LogP) is 2.19. The van der Waals surface area contributed by atoms with E-state index in [9.17, 15) is 4.39 Å². The van der Waals surface area contributed by atoms with Gasteiger partial charge in [-0.2, -0.15) is 0 Å². The first kappa shape index (κ1) is 9.63. The molecule has 1 aliphatic carbocycles. The Labute approximate surface area is 93.5 Å². The Bertz CT molecular complexity index is 455. The SMILES string of the molecule is COc1cc(F)cc2c1N(C1CC1)CN=C2. The summed E-state index contributed by atoms with van der Waals surface area (Å²) < 4.78 is 18.6. The molecule has 0 aromatic heterocycles. The smallest absolute Gasteiger partial charge is 0.145 e. The van der Waals surface area contributed by atoms with Crippen molar-refractivity contribution in [1.82, 2.24) is 0 Å². The van der Waals surface area contributed by atoms with E-state index in [0.717, 1.165) is 11.3 Å². The standard InChI is InChI=1S/C12H13FN2O/c1-16-11-5-9(13)4-8-6-14-7-15(12(8)11)10-2-3-10/h4-6,10H,2-3,7H2,1H3. The maximum atomic E-state index is 13.3. The van der Waals surface area contributed by atoms with Gasteiger partial charge >= 0.3 is 0 Å². The minimum absolute atomic E-state index is 0.278. The van der Waals surface area contributed by atoms with Gasteiger partial charge in [-0.25, -0.2) is 4.39 Å². The van der Waals surface area contributed by atoms with Crippen LogP contribution in [-0.2, 0) is 0 Å². The highest BCUT2D eigenvalue weighted by Crippen LogP contribution is 2.40. The van der Waals surface area contributed by atoms with Crippen LogP contribution in [0.4, 0.5) is 10.1 Å². The minimum atomic E-state index is -0.278.